The number of carbonyl (C=O) groups excluding carboxylic acids is 1. The molecule has 0 atom stereocenters. The molecule has 2 aromatic carbocycles. The van der Waals surface area contributed by atoms with Crippen LogP contribution in [0.4, 0.5) is 0 Å². The molecule has 0 radical (unpaired) electrons. The molecule has 0 saturated heterocycles. The van der Waals surface area contributed by atoms with Gasteiger partial charge in [0.25, 0.3) is 0 Å². The fourth-order valence-electron chi connectivity index (χ4n) is 3.99. The third-order valence-corrected chi connectivity index (χ3v) is 6.84. The van der Waals surface area contributed by atoms with Crippen LogP contribution >= 0.6 is 11.8 Å². The van der Waals surface area contributed by atoms with Crippen molar-refractivity contribution in [1.82, 2.24) is 0 Å². The molecule has 2 heteroatoms. The van der Waals surface area contributed by atoms with Gasteiger partial charge in [0.05, 0.1) is 0 Å². The lowest BCUT2D eigenvalue weighted by molar-refractivity contribution is 0.104. The Bertz CT molecular complexity index is 773. The number of benzene rings is 2. The lowest BCUT2D eigenvalue weighted by Crippen LogP contribution is -1.95. The zero-order valence-corrected chi connectivity index (χ0v) is 21.1. The summed E-state index contributed by atoms with van der Waals surface area (Å²) in [6.07, 6.45) is 23.3. The fraction of sp³-hybridized carbons (Fsp3) is 0.500. The highest BCUT2D eigenvalue weighted by Gasteiger charge is 2.02. The molecule has 2 rings (SSSR count). The summed E-state index contributed by atoms with van der Waals surface area (Å²) in [6.45, 7) is 2.28. The summed E-state index contributed by atoms with van der Waals surface area (Å²) in [4.78, 5) is 13.7. The summed E-state index contributed by atoms with van der Waals surface area (Å²) in [6, 6.07) is 16.4. The smallest absolute Gasteiger partial charge is 0.185 e. The normalized spacial score (nSPS) is 11.3. The molecule has 0 unspecified atom stereocenters. The molecule has 2 aromatic rings. The van der Waals surface area contributed by atoms with Crippen LogP contribution in [-0.4, -0.2) is 12.0 Å². The van der Waals surface area contributed by atoms with Crippen LogP contribution in [0.2, 0.25) is 0 Å². The lowest BCUT2D eigenvalue weighted by Gasteiger charge is -2.04. The molecule has 0 fully saturated rings. The Labute approximate surface area is 201 Å². The van der Waals surface area contributed by atoms with Crippen LogP contribution in [-0.2, 0) is 6.42 Å². The fourth-order valence-corrected chi connectivity index (χ4v) is 4.40. The maximum Gasteiger partial charge on any atom is 0.185 e. The minimum absolute atomic E-state index is 0.0656. The number of rotatable bonds is 17. The summed E-state index contributed by atoms with van der Waals surface area (Å²) in [5.74, 6) is 0.0656. The summed E-state index contributed by atoms with van der Waals surface area (Å²) in [5.41, 5.74) is 3.16. The molecule has 0 saturated carbocycles. The average Bonchev–Trinajstić information content (AvgIpc) is 2.84. The third-order valence-electron chi connectivity index (χ3n) is 6.10. The molecule has 0 amide bonds. The molecule has 1 nitrogen and oxygen atoms in total. The van der Waals surface area contributed by atoms with Crippen LogP contribution in [0.15, 0.2) is 59.5 Å². The highest BCUT2D eigenvalue weighted by atomic mass is 32.2. The summed E-state index contributed by atoms with van der Waals surface area (Å²) < 4.78 is 0. The predicted octanol–water partition coefficient (Wildman–Crippen LogP) is 9.55. The Morgan fingerprint density at radius 2 is 1.25 bits per heavy atom. The Morgan fingerprint density at radius 1 is 0.719 bits per heavy atom. The van der Waals surface area contributed by atoms with Crippen molar-refractivity contribution in [2.45, 2.75) is 95.3 Å². The number of aryl methyl sites for hydroxylation is 1. The van der Waals surface area contributed by atoms with Crippen molar-refractivity contribution in [2.24, 2.45) is 0 Å². The maximum absolute atomic E-state index is 12.4. The quantitative estimate of drug-likeness (QED) is 0.103. The number of carbonyl (C=O) groups is 1. The molecule has 0 aromatic heterocycles. The largest absolute Gasteiger partial charge is 0.289 e. The minimum Gasteiger partial charge on any atom is -0.289 e. The van der Waals surface area contributed by atoms with Crippen LogP contribution in [0.3, 0.4) is 0 Å². The first-order chi connectivity index (χ1) is 15.7. The van der Waals surface area contributed by atoms with Gasteiger partial charge in [-0.05, 0) is 48.4 Å². The van der Waals surface area contributed by atoms with Crippen LogP contribution in [0.1, 0.15) is 105 Å². The number of thioether (sulfide) groups is 1. The first-order valence-electron chi connectivity index (χ1n) is 12.7. The first kappa shape index (κ1) is 26.5. The highest BCUT2D eigenvalue weighted by molar-refractivity contribution is 7.98. The number of allylic oxidation sites excluding steroid dienone is 1. The van der Waals surface area contributed by atoms with E-state index in [1.165, 1.54) is 87.5 Å². The van der Waals surface area contributed by atoms with E-state index in [9.17, 15) is 4.79 Å². The number of hydrogen-bond donors (Lipinski definition) is 0. The molecule has 0 bridgehead atoms. The summed E-state index contributed by atoms with van der Waals surface area (Å²) in [5, 5.41) is 0. The Hall–Kier alpha value is -1.80. The van der Waals surface area contributed by atoms with E-state index in [4.69, 9.17) is 0 Å². The van der Waals surface area contributed by atoms with Gasteiger partial charge in [0.1, 0.15) is 0 Å². The monoisotopic (exact) mass is 450 g/mol. The molecular formula is C30H42OS. The number of unbranched alkanes of at least 4 members (excludes halogenated alkanes) is 11. The minimum atomic E-state index is 0.0656. The molecule has 32 heavy (non-hydrogen) atoms. The van der Waals surface area contributed by atoms with E-state index < -0.39 is 0 Å². The summed E-state index contributed by atoms with van der Waals surface area (Å²) in [7, 11) is 0. The van der Waals surface area contributed by atoms with E-state index in [1.54, 1.807) is 17.8 Å². The van der Waals surface area contributed by atoms with E-state index in [0.717, 1.165) is 17.5 Å². The second-order valence-corrected chi connectivity index (χ2v) is 9.69. The standard InChI is InChI=1S/C30H42OS/c1-3-4-5-6-7-8-9-10-11-12-13-14-15-26-16-21-28(22-17-26)30(31)25-20-27-18-23-29(32-2)24-19-27/h16-25H,3-15H2,1-2H3. The SMILES string of the molecule is CCCCCCCCCCCCCCc1ccc(C(=O)C=Cc2ccc(SC)cc2)cc1. The summed E-state index contributed by atoms with van der Waals surface area (Å²) >= 11 is 1.72. The molecule has 0 aliphatic rings. The topological polar surface area (TPSA) is 17.1 Å². The van der Waals surface area contributed by atoms with Gasteiger partial charge in [-0.25, -0.2) is 0 Å². The van der Waals surface area contributed by atoms with Gasteiger partial charge in [-0.3, -0.25) is 4.79 Å². The van der Waals surface area contributed by atoms with E-state index in [2.05, 4.69) is 37.4 Å². The van der Waals surface area contributed by atoms with E-state index in [0.29, 0.717) is 0 Å². The van der Waals surface area contributed by atoms with Crippen LogP contribution in [0.5, 0.6) is 0 Å². The zero-order valence-electron chi connectivity index (χ0n) is 20.3. The Balaban J connectivity index is 1.57. The Morgan fingerprint density at radius 3 is 1.78 bits per heavy atom. The lowest BCUT2D eigenvalue weighted by atomic mass is 10.0. The van der Waals surface area contributed by atoms with Crippen molar-refractivity contribution in [3.8, 4) is 0 Å². The zero-order chi connectivity index (χ0) is 22.9. The van der Waals surface area contributed by atoms with Gasteiger partial charge < -0.3 is 0 Å². The maximum atomic E-state index is 12.4. The van der Waals surface area contributed by atoms with Crippen molar-refractivity contribution >= 4 is 23.6 Å². The molecule has 0 aliphatic carbocycles. The second kappa shape index (κ2) is 16.8. The third kappa shape index (κ3) is 11.2. The second-order valence-electron chi connectivity index (χ2n) is 8.81. The number of ketones is 1. The van der Waals surface area contributed by atoms with Gasteiger partial charge in [0, 0.05) is 10.5 Å². The van der Waals surface area contributed by atoms with Gasteiger partial charge in [-0.2, -0.15) is 0 Å². The van der Waals surface area contributed by atoms with Crippen LogP contribution in [0.25, 0.3) is 6.08 Å². The van der Waals surface area contributed by atoms with Crippen molar-refractivity contribution in [3.05, 3.63) is 71.3 Å². The van der Waals surface area contributed by atoms with E-state index in [-0.39, 0.29) is 5.78 Å². The van der Waals surface area contributed by atoms with Gasteiger partial charge >= 0.3 is 0 Å². The Kier molecular flexibility index (Phi) is 13.9. The van der Waals surface area contributed by atoms with Crippen LogP contribution in [0, 0.1) is 0 Å². The molecule has 174 valence electrons. The molecule has 0 heterocycles. The molecular weight excluding hydrogens is 408 g/mol. The van der Waals surface area contributed by atoms with Gasteiger partial charge in [0.15, 0.2) is 5.78 Å². The van der Waals surface area contributed by atoms with Gasteiger partial charge in [0.2, 0.25) is 0 Å². The van der Waals surface area contributed by atoms with Crippen molar-refractivity contribution in [3.63, 3.8) is 0 Å². The average molecular weight is 451 g/mol. The molecule has 0 N–H and O–H groups in total. The predicted molar refractivity (Wildman–Crippen MR) is 143 cm³/mol. The first-order valence-corrected chi connectivity index (χ1v) is 13.9. The van der Waals surface area contributed by atoms with Gasteiger partial charge in [-0.15, -0.1) is 11.8 Å². The number of hydrogen-bond acceptors (Lipinski definition) is 2. The highest BCUT2D eigenvalue weighted by Crippen LogP contribution is 2.17. The van der Waals surface area contributed by atoms with E-state index in [1.807, 2.05) is 30.3 Å². The van der Waals surface area contributed by atoms with Crippen LogP contribution < -0.4 is 0 Å². The van der Waals surface area contributed by atoms with Crippen molar-refractivity contribution in [2.75, 3.05) is 6.26 Å². The van der Waals surface area contributed by atoms with Crippen molar-refractivity contribution in [1.29, 1.82) is 0 Å². The molecule has 0 aliphatic heterocycles. The molecule has 0 spiro atoms. The van der Waals surface area contributed by atoms with Gasteiger partial charge in [-0.1, -0.05) is 120 Å². The van der Waals surface area contributed by atoms with Crippen molar-refractivity contribution < 1.29 is 4.79 Å². The van der Waals surface area contributed by atoms with E-state index >= 15 is 0 Å².